The number of halogens is 1. The van der Waals surface area contributed by atoms with Gasteiger partial charge in [0.1, 0.15) is 0 Å². The van der Waals surface area contributed by atoms with E-state index in [1.807, 2.05) is 0 Å². The second-order valence-corrected chi connectivity index (χ2v) is 9.57. The number of sulfone groups is 1. The van der Waals surface area contributed by atoms with Gasteiger partial charge in [-0.25, -0.2) is 8.42 Å². The van der Waals surface area contributed by atoms with Gasteiger partial charge in [-0.1, -0.05) is 24.4 Å². The first-order chi connectivity index (χ1) is 13.2. The first-order valence-corrected chi connectivity index (χ1v) is 10.8. The Morgan fingerprint density at radius 3 is 1.89 bits per heavy atom. The fourth-order valence-corrected chi connectivity index (χ4v) is 5.68. The van der Waals surface area contributed by atoms with E-state index in [1.165, 1.54) is 31.2 Å². The SMILES string of the molecule is CC(=O)Nc1ccc(NC(=O)C2(S(=O)(=O)c3ccc(Cl)cc3)CCCC2)cc1. The fourth-order valence-electron chi connectivity index (χ4n) is 3.49. The van der Waals surface area contributed by atoms with Gasteiger partial charge in [0.25, 0.3) is 0 Å². The number of amides is 2. The normalized spacial score (nSPS) is 15.8. The second kappa shape index (κ2) is 7.93. The third-order valence-corrected chi connectivity index (χ3v) is 7.69. The van der Waals surface area contributed by atoms with Crippen LogP contribution in [0.2, 0.25) is 5.02 Å². The van der Waals surface area contributed by atoms with Gasteiger partial charge in [0.15, 0.2) is 14.6 Å². The Balaban J connectivity index is 1.88. The molecule has 0 unspecified atom stereocenters. The van der Waals surface area contributed by atoms with Crippen LogP contribution in [0.15, 0.2) is 53.4 Å². The van der Waals surface area contributed by atoms with E-state index >= 15 is 0 Å². The van der Waals surface area contributed by atoms with Crippen molar-refractivity contribution in [1.29, 1.82) is 0 Å². The quantitative estimate of drug-likeness (QED) is 0.763. The number of hydrogen-bond donors (Lipinski definition) is 2. The van der Waals surface area contributed by atoms with Crippen LogP contribution in [0.25, 0.3) is 0 Å². The van der Waals surface area contributed by atoms with Crippen molar-refractivity contribution in [3.05, 3.63) is 53.6 Å². The minimum absolute atomic E-state index is 0.0926. The van der Waals surface area contributed by atoms with Gasteiger partial charge in [0.05, 0.1) is 4.90 Å². The molecule has 0 spiro atoms. The maximum absolute atomic E-state index is 13.3. The van der Waals surface area contributed by atoms with Crippen LogP contribution in [0.5, 0.6) is 0 Å². The zero-order valence-corrected chi connectivity index (χ0v) is 16.9. The van der Waals surface area contributed by atoms with Gasteiger partial charge in [-0.2, -0.15) is 0 Å². The molecule has 2 aromatic rings. The monoisotopic (exact) mass is 420 g/mol. The van der Waals surface area contributed by atoms with Gasteiger partial charge in [0.2, 0.25) is 11.8 Å². The summed E-state index contributed by atoms with van der Waals surface area (Å²) in [6.07, 6.45) is 1.88. The molecule has 6 nitrogen and oxygen atoms in total. The van der Waals surface area contributed by atoms with E-state index in [1.54, 1.807) is 24.3 Å². The van der Waals surface area contributed by atoms with Crippen LogP contribution in [0.3, 0.4) is 0 Å². The molecule has 148 valence electrons. The molecular formula is C20H21ClN2O4S. The lowest BCUT2D eigenvalue weighted by molar-refractivity contribution is -0.118. The number of anilines is 2. The molecule has 0 heterocycles. The number of carbonyl (C=O) groups excluding carboxylic acids is 2. The first-order valence-electron chi connectivity index (χ1n) is 8.94. The number of nitrogens with one attached hydrogen (secondary N) is 2. The second-order valence-electron chi connectivity index (χ2n) is 6.87. The molecule has 0 aromatic heterocycles. The molecule has 2 N–H and O–H groups in total. The van der Waals surface area contributed by atoms with E-state index in [2.05, 4.69) is 10.6 Å². The molecule has 3 rings (SSSR count). The Labute approximate surface area is 169 Å². The van der Waals surface area contributed by atoms with Crippen molar-refractivity contribution in [3.63, 3.8) is 0 Å². The summed E-state index contributed by atoms with van der Waals surface area (Å²) in [5.74, 6) is -0.733. The lowest BCUT2D eigenvalue weighted by Crippen LogP contribution is -2.47. The van der Waals surface area contributed by atoms with Crippen molar-refractivity contribution in [1.82, 2.24) is 0 Å². The minimum Gasteiger partial charge on any atom is -0.326 e. The number of hydrogen-bond acceptors (Lipinski definition) is 4. The summed E-state index contributed by atoms with van der Waals surface area (Å²) >= 11 is 5.87. The predicted molar refractivity (Wildman–Crippen MR) is 109 cm³/mol. The number of rotatable bonds is 5. The zero-order valence-electron chi connectivity index (χ0n) is 15.4. The summed E-state index contributed by atoms with van der Waals surface area (Å²) in [5.41, 5.74) is 1.06. The molecular weight excluding hydrogens is 400 g/mol. The van der Waals surface area contributed by atoms with Crippen LogP contribution >= 0.6 is 11.6 Å². The molecule has 1 aliphatic carbocycles. The maximum Gasteiger partial charge on any atom is 0.246 e. The summed E-state index contributed by atoms with van der Waals surface area (Å²) in [6.45, 7) is 1.40. The lowest BCUT2D eigenvalue weighted by Gasteiger charge is -2.27. The standard InChI is InChI=1S/C20H21ClN2O4S/c1-14(24)22-16-6-8-17(9-7-16)23-19(25)20(12-2-3-13-20)28(26,27)18-10-4-15(21)5-11-18/h4-11H,2-3,12-13H2,1H3,(H,22,24)(H,23,25). The average Bonchev–Trinajstić information content (AvgIpc) is 3.15. The molecule has 8 heteroatoms. The Bertz CT molecular complexity index is 980. The van der Waals surface area contributed by atoms with Gasteiger partial charge >= 0.3 is 0 Å². The molecule has 0 atom stereocenters. The third kappa shape index (κ3) is 3.91. The van der Waals surface area contributed by atoms with E-state index in [9.17, 15) is 18.0 Å². The highest BCUT2D eigenvalue weighted by molar-refractivity contribution is 7.93. The largest absolute Gasteiger partial charge is 0.326 e. The first kappa shape index (κ1) is 20.4. The summed E-state index contributed by atoms with van der Waals surface area (Å²) < 4.78 is 25.1. The Morgan fingerprint density at radius 1 is 0.893 bits per heavy atom. The van der Waals surface area contributed by atoms with Crippen LogP contribution < -0.4 is 10.6 Å². The van der Waals surface area contributed by atoms with Crippen molar-refractivity contribution in [2.24, 2.45) is 0 Å². The Morgan fingerprint density at radius 2 is 1.39 bits per heavy atom. The van der Waals surface area contributed by atoms with Crippen molar-refractivity contribution in [3.8, 4) is 0 Å². The molecule has 0 bridgehead atoms. The summed E-state index contributed by atoms with van der Waals surface area (Å²) in [4.78, 5) is 24.3. The summed E-state index contributed by atoms with van der Waals surface area (Å²) in [7, 11) is -3.89. The maximum atomic E-state index is 13.3. The highest BCUT2D eigenvalue weighted by atomic mass is 35.5. The van der Waals surface area contributed by atoms with E-state index in [-0.39, 0.29) is 23.6 Å². The van der Waals surface area contributed by atoms with Crippen LogP contribution in [-0.2, 0) is 19.4 Å². The van der Waals surface area contributed by atoms with Crippen LogP contribution in [0, 0.1) is 0 Å². The minimum atomic E-state index is -3.89. The van der Waals surface area contributed by atoms with E-state index in [0.717, 1.165) is 0 Å². The molecule has 2 amide bonds. The highest BCUT2D eigenvalue weighted by Crippen LogP contribution is 2.41. The molecule has 1 fully saturated rings. The Hall–Kier alpha value is -2.38. The summed E-state index contributed by atoms with van der Waals surface area (Å²) in [6, 6.07) is 12.4. The van der Waals surface area contributed by atoms with Crippen molar-refractivity contribution in [2.75, 3.05) is 10.6 Å². The summed E-state index contributed by atoms with van der Waals surface area (Å²) in [5, 5.41) is 5.81. The molecule has 1 saturated carbocycles. The predicted octanol–water partition coefficient (Wildman–Crippen LogP) is 4.02. The molecule has 0 aliphatic heterocycles. The van der Waals surface area contributed by atoms with Crippen molar-refractivity contribution >= 4 is 44.6 Å². The zero-order chi connectivity index (χ0) is 20.4. The third-order valence-electron chi connectivity index (χ3n) is 4.93. The van der Waals surface area contributed by atoms with Crippen molar-refractivity contribution < 1.29 is 18.0 Å². The highest BCUT2D eigenvalue weighted by Gasteiger charge is 2.52. The molecule has 0 radical (unpaired) electrons. The van der Waals surface area contributed by atoms with E-state index < -0.39 is 20.5 Å². The van der Waals surface area contributed by atoms with Crippen LogP contribution in [0.1, 0.15) is 32.6 Å². The molecule has 2 aromatic carbocycles. The topological polar surface area (TPSA) is 92.3 Å². The van der Waals surface area contributed by atoms with Crippen LogP contribution in [0.4, 0.5) is 11.4 Å². The molecule has 1 aliphatic rings. The van der Waals surface area contributed by atoms with Gasteiger partial charge in [-0.15, -0.1) is 0 Å². The van der Waals surface area contributed by atoms with E-state index in [0.29, 0.717) is 29.2 Å². The fraction of sp³-hybridized carbons (Fsp3) is 0.300. The van der Waals surface area contributed by atoms with Gasteiger partial charge in [-0.3, -0.25) is 9.59 Å². The van der Waals surface area contributed by atoms with Gasteiger partial charge in [-0.05, 0) is 61.4 Å². The smallest absolute Gasteiger partial charge is 0.246 e. The molecule has 0 saturated heterocycles. The van der Waals surface area contributed by atoms with Gasteiger partial charge in [0, 0.05) is 23.3 Å². The van der Waals surface area contributed by atoms with E-state index in [4.69, 9.17) is 11.6 Å². The van der Waals surface area contributed by atoms with Crippen molar-refractivity contribution in [2.45, 2.75) is 42.2 Å². The van der Waals surface area contributed by atoms with Gasteiger partial charge < -0.3 is 10.6 Å². The Kier molecular flexibility index (Phi) is 5.76. The number of benzene rings is 2. The number of carbonyl (C=O) groups is 2. The van der Waals surface area contributed by atoms with Crippen LogP contribution in [-0.4, -0.2) is 25.0 Å². The molecule has 28 heavy (non-hydrogen) atoms. The lowest BCUT2D eigenvalue weighted by atomic mass is 10.1. The average molecular weight is 421 g/mol.